The van der Waals surface area contributed by atoms with E-state index in [1.165, 1.54) is 83.5 Å². The molecule has 5 unspecified atom stereocenters. The van der Waals surface area contributed by atoms with E-state index in [2.05, 4.69) is 137 Å². The van der Waals surface area contributed by atoms with Crippen LogP contribution < -0.4 is 0 Å². The molecule has 0 bridgehead atoms. The predicted molar refractivity (Wildman–Crippen MR) is 418 cm³/mol. The second-order valence-corrected chi connectivity index (χ2v) is 29.2. The third-order valence-corrected chi connectivity index (χ3v) is 18.3. The number of aliphatic hydroxyl groups excluding tert-OH is 1. The van der Waals surface area contributed by atoms with E-state index in [4.69, 9.17) is 37.0 Å². The third-order valence-electron chi connectivity index (χ3n) is 16.4. The number of allylic oxidation sites excluding steroid dienone is 20. The van der Waals surface area contributed by atoms with Gasteiger partial charge in [-0.15, -0.1) is 0 Å². The van der Waals surface area contributed by atoms with Gasteiger partial charge in [-0.3, -0.25) is 37.3 Å². The zero-order valence-corrected chi connectivity index (χ0v) is 65.8. The van der Waals surface area contributed by atoms with Gasteiger partial charge in [-0.1, -0.05) is 290 Å². The van der Waals surface area contributed by atoms with E-state index in [9.17, 15) is 43.2 Å². The Morgan fingerprint density at radius 3 is 0.843 bits per heavy atom. The molecule has 0 rings (SSSR count). The van der Waals surface area contributed by atoms with Gasteiger partial charge in [0.25, 0.3) is 0 Å². The van der Waals surface area contributed by atoms with Crippen molar-refractivity contribution in [1.82, 2.24) is 0 Å². The molecule has 17 nitrogen and oxygen atoms in total. The Labute approximate surface area is 619 Å². The van der Waals surface area contributed by atoms with Crippen LogP contribution >= 0.6 is 15.6 Å². The molecule has 0 saturated carbocycles. The van der Waals surface area contributed by atoms with Crippen LogP contribution in [0.1, 0.15) is 323 Å². The summed E-state index contributed by atoms with van der Waals surface area (Å²) in [5, 5.41) is 10.6. The van der Waals surface area contributed by atoms with Gasteiger partial charge >= 0.3 is 39.5 Å². The Kier molecular flexibility index (Phi) is 71.4. The van der Waals surface area contributed by atoms with Gasteiger partial charge < -0.3 is 33.8 Å². The van der Waals surface area contributed by atoms with Crippen molar-refractivity contribution in [2.75, 3.05) is 39.6 Å². The Hall–Kier alpha value is -4.54. The van der Waals surface area contributed by atoms with E-state index < -0.39 is 97.5 Å². The van der Waals surface area contributed by atoms with Gasteiger partial charge in [-0.05, 0) is 128 Å². The lowest BCUT2D eigenvalue weighted by Crippen LogP contribution is -2.30. The first-order valence-corrected chi connectivity index (χ1v) is 42.8. The molecular weight excluding hydrogens is 1330 g/mol. The average Bonchev–Trinajstić information content (AvgIpc) is 0.923. The zero-order valence-electron chi connectivity index (χ0n) is 64.0. The van der Waals surface area contributed by atoms with Crippen LogP contribution in [0.2, 0.25) is 0 Å². The first kappa shape index (κ1) is 97.5. The number of carbonyl (C=O) groups excluding carboxylic acids is 4. The number of hydrogen-bond donors (Lipinski definition) is 3. The minimum Gasteiger partial charge on any atom is -0.462 e. The topological polar surface area (TPSA) is 237 Å². The van der Waals surface area contributed by atoms with Crippen molar-refractivity contribution in [2.45, 2.75) is 341 Å². The number of rotatable bonds is 74. The third kappa shape index (κ3) is 73.8. The molecule has 0 amide bonds. The normalized spacial score (nSPS) is 14.5. The van der Waals surface area contributed by atoms with Crippen molar-refractivity contribution in [3.63, 3.8) is 0 Å². The highest BCUT2D eigenvalue weighted by atomic mass is 31.2. The smallest absolute Gasteiger partial charge is 0.462 e. The average molecular weight is 1470 g/mol. The summed E-state index contributed by atoms with van der Waals surface area (Å²) >= 11 is 0. The van der Waals surface area contributed by atoms with Gasteiger partial charge in [0.15, 0.2) is 12.2 Å². The van der Waals surface area contributed by atoms with Crippen LogP contribution in [-0.2, 0) is 65.4 Å². The number of esters is 4. The maximum atomic E-state index is 13.1. The summed E-state index contributed by atoms with van der Waals surface area (Å²) in [7, 11) is -9.98. The summed E-state index contributed by atoms with van der Waals surface area (Å²) in [6.45, 7) is 4.55. The summed E-state index contributed by atoms with van der Waals surface area (Å²) in [4.78, 5) is 73.0. The van der Waals surface area contributed by atoms with Crippen LogP contribution in [0.15, 0.2) is 122 Å². The molecule has 0 aliphatic heterocycles. The van der Waals surface area contributed by atoms with Crippen LogP contribution in [-0.4, -0.2) is 96.7 Å². The maximum absolute atomic E-state index is 13.1. The number of phosphoric acid groups is 2. The minimum absolute atomic E-state index is 0.0724. The summed E-state index contributed by atoms with van der Waals surface area (Å²) < 4.78 is 68.5. The van der Waals surface area contributed by atoms with Crippen molar-refractivity contribution in [2.24, 2.45) is 0 Å². The van der Waals surface area contributed by atoms with Gasteiger partial charge in [-0.2, -0.15) is 0 Å². The SMILES string of the molecule is CC/C=C\C/C=C\C/C=C\C/C=C\C/C=C\CCCC(=O)OCC(COP(=O)(O)OCC(O)COP(=O)(O)OCC(COC(=O)CCCCCCC/C=C\C/C=C\C/C=C\CC)OC(=O)CCCCCCC/C=C\C/C=C\CCCCC)OC(=O)CCCCCCCCCCCCCCCCC. The lowest BCUT2D eigenvalue weighted by molar-refractivity contribution is -0.161. The molecule has 0 aromatic heterocycles. The molecule has 102 heavy (non-hydrogen) atoms. The second-order valence-electron chi connectivity index (χ2n) is 26.2. The molecule has 0 spiro atoms. The van der Waals surface area contributed by atoms with Crippen molar-refractivity contribution >= 4 is 39.5 Å². The molecule has 5 atom stereocenters. The molecular formula is C83H142O17P2. The molecule has 0 aromatic carbocycles. The van der Waals surface area contributed by atoms with E-state index in [0.717, 1.165) is 154 Å². The molecule has 0 fully saturated rings. The highest BCUT2D eigenvalue weighted by Gasteiger charge is 2.30. The molecule has 3 N–H and O–H groups in total. The second kappa shape index (κ2) is 74.7. The molecule has 0 saturated heterocycles. The highest BCUT2D eigenvalue weighted by Crippen LogP contribution is 2.45. The van der Waals surface area contributed by atoms with Gasteiger partial charge in [0.05, 0.1) is 26.4 Å². The van der Waals surface area contributed by atoms with Crippen molar-refractivity contribution in [3.05, 3.63) is 122 Å². The monoisotopic (exact) mass is 1470 g/mol. The summed E-state index contributed by atoms with van der Waals surface area (Å²) in [6.07, 6.45) is 81.8. The summed E-state index contributed by atoms with van der Waals surface area (Å²) in [5.41, 5.74) is 0. The van der Waals surface area contributed by atoms with E-state index >= 15 is 0 Å². The van der Waals surface area contributed by atoms with E-state index in [-0.39, 0.29) is 25.7 Å². The van der Waals surface area contributed by atoms with Crippen molar-refractivity contribution < 1.29 is 80.2 Å². The van der Waals surface area contributed by atoms with Crippen LogP contribution in [0.4, 0.5) is 0 Å². The van der Waals surface area contributed by atoms with Crippen LogP contribution in [0.25, 0.3) is 0 Å². The molecule has 0 aliphatic rings. The molecule has 0 radical (unpaired) electrons. The van der Waals surface area contributed by atoms with E-state index in [0.29, 0.717) is 32.1 Å². The Morgan fingerprint density at radius 2 is 0.520 bits per heavy atom. The maximum Gasteiger partial charge on any atom is 0.472 e. The molecule has 0 heterocycles. The fourth-order valence-corrected chi connectivity index (χ4v) is 12.0. The first-order chi connectivity index (χ1) is 49.7. The van der Waals surface area contributed by atoms with Crippen LogP contribution in [0, 0.1) is 0 Å². The molecule has 0 aliphatic carbocycles. The van der Waals surface area contributed by atoms with Crippen LogP contribution in [0.5, 0.6) is 0 Å². The minimum atomic E-state index is -4.99. The highest BCUT2D eigenvalue weighted by molar-refractivity contribution is 7.47. The number of aliphatic hydroxyl groups is 1. The standard InChI is InChI=1S/C83H142O17P2/c1-5-9-13-17-21-25-29-33-37-38-42-44-48-52-56-60-64-68-81(86)94-74-79(100-83(88)70-66-62-58-54-50-46-41-36-32-28-24-20-16-12-8-4)76-98-102(91,92)96-72-77(84)71-95-101(89,90)97-75-78(99-82(87)69-65-61-57-53-49-45-40-35-31-27-23-19-15-11-7-3)73-93-80(85)67-63-59-55-51-47-43-39-34-30-26-22-18-14-10-6-2/h9-10,13-14,21-23,25-27,33-35,37,39-40,42,44,52,56,77-79,84H,5-8,11-12,15-20,24,28-32,36,38,41,43,45-51,53-55,57-76H2,1-4H3,(H,89,90)(H,91,92)/b13-9-,14-10-,25-21-,26-22-,27-23-,37-33-,39-34-,40-35-,44-42-,56-52-. The Bertz CT molecular complexity index is 2410. The number of ether oxygens (including phenoxy) is 4. The van der Waals surface area contributed by atoms with Gasteiger partial charge in [0.1, 0.15) is 19.3 Å². The van der Waals surface area contributed by atoms with Gasteiger partial charge in [0, 0.05) is 25.7 Å². The van der Waals surface area contributed by atoms with Gasteiger partial charge in [-0.25, -0.2) is 9.13 Å². The number of phosphoric ester groups is 2. The fraction of sp³-hybridized carbons (Fsp3) is 0.711. The molecule has 0 aromatic rings. The van der Waals surface area contributed by atoms with Crippen molar-refractivity contribution in [1.29, 1.82) is 0 Å². The lowest BCUT2D eigenvalue weighted by Gasteiger charge is -2.21. The van der Waals surface area contributed by atoms with Crippen LogP contribution in [0.3, 0.4) is 0 Å². The zero-order chi connectivity index (χ0) is 74.6. The fourth-order valence-electron chi connectivity index (χ4n) is 10.4. The quantitative estimate of drug-likeness (QED) is 0.0169. The number of carbonyl (C=O) groups is 4. The predicted octanol–water partition coefficient (Wildman–Crippen LogP) is 23.1. The summed E-state index contributed by atoms with van der Waals surface area (Å²) in [6, 6.07) is 0. The molecule has 586 valence electrons. The lowest BCUT2D eigenvalue weighted by atomic mass is 10.0. The number of unbranched alkanes of at least 4 members (excludes halogenated alkanes) is 28. The van der Waals surface area contributed by atoms with Gasteiger partial charge in [0.2, 0.25) is 0 Å². The Balaban J connectivity index is 5.42. The largest absolute Gasteiger partial charge is 0.472 e. The van der Waals surface area contributed by atoms with Crippen molar-refractivity contribution in [3.8, 4) is 0 Å². The Morgan fingerprint density at radius 1 is 0.284 bits per heavy atom. The number of hydrogen-bond acceptors (Lipinski definition) is 15. The summed E-state index contributed by atoms with van der Waals surface area (Å²) in [5.74, 6) is -2.27. The van der Waals surface area contributed by atoms with E-state index in [1.54, 1.807) is 0 Å². The molecule has 19 heteroatoms. The van der Waals surface area contributed by atoms with E-state index in [1.807, 2.05) is 12.2 Å². The first-order valence-electron chi connectivity index (χ1n) is 39.8.